The lowest BCUT2D eigenvalue weighted by Gasteiger charge is -2.59. The zero-order valence-electron chi connectivity index (χ0n) is 20.5. The molecule has 1 aromatic carbocycles. The van der Waals surface area contributed by atoms with E-state index in [1.54, 1.807) is 23.5 Å². The number of carbonyl (C=O) groups excluding carboxylic acids is 2. The highest BCUT2D eigenvalue weighted by Crippen LogP contribution is 2.54. The van der Waals surface area contributed by atoms with Crippen LogP contribution in [0.25, 0.3) is 6.08 Å². The van der Waals surface area contributed by atoms with Gasteiger partial charge in [-0.1, -0.05) is 12.1 Å². The molecule has 0 bridgehead atoms. The Balaban J connectivity index is 1.42. The van der Waals surface area contributed by atoms with Crippen LogP contribution >= 0.6 is 27.3 Å². The lowest BCUT2D eigenvalue weighted by Crippen LogP contribution is -2.68. The van der Waals surface area contributed by atoms with E-state index in [0.717, 1.165) is 46.8 Å². The molecule has 3 fully saturated rings. The van der Waals surface area contributed by atoms with Gasteiger partial charge in [-0.15, -0.1) is 11.3 Å². The van der Waals surface area contributed by atoms with Crippen molar-refractivity contribution in [3.63, 3.8) is 0 Å². The van der Waals surface area contributed by atoms with Crippen LogP contribution in [0.15, 0.2) is 46.3 Å². The smallest absolute Gasteiger partial charge is 0.303 e. The van der Waals surface area contributed by atoms with Crippen LogP contribution in [0.4, 0.5) is 0 Å². The Morgan fingerprint density at radius 2 is 2.11 bits per heavy atom. The SMILES string of the molecule is CC(=O)O[C@]12CC[C@@H](NC(=O)/C=C/c3cc(Br)cs3)C[C@]1(c1cccc(O)c1)CCN(CC1CC1)C2. The largest absolute Gasteiger partial charge is 0.508 e. The van der Waals surface area contributed by atoms with Crippen molar-refractivity contribution >= 4 is 45.2 Å². The maximum absolute atomic E-state index is 12.8. The molecule has 8 heteroatoms. The number of nitrogens with one attached hydrogen (secondary N) is 1. The number of amides is 1. The molecule has 2 heterocycles. The summed E-state index contributed by atoms with van der Waals surface area (Å²) in [6.45, 7) is 4.13. The summed E-state index contributed by atoms with van der Waals surface area (Å²) < 4.78 is 7.28. The molecule has 0 unspecified atom stereocenters. The molecule has 2 aliphatic carbocycles. The molecule has 1 saturated heterocycles. The second-order valence-electron chi connectivity index (χ2n) is 10.6. The number of halogens is 1. The number of likely N-dealkylation sites (tertiary alicyclic amines) is 1. The summed E-state index contributed by atoms with van der Waals surface area (Å²) in [4.78, 5) is 28.8. The summed E-state index contributed by atoms with van der Waals surface area (Å²) in [5.74, 6) is 0.552. The van der Waals surface area contributed by atoms with Crippen molar-refractivity contribution in [3.05, 3.63) is 56.7 Å². The highest BCUT2D eigenvalue weighted by molar-refractivity contribution is 9.10. The molecule has 3 aliphatic rings. The molecule has 192 valence electrons. The zero-order valence-corrected chi connectivity index (χ0v) is 22.9. The summed E-state index contributed by atoms with van der Waals surface area (Å²) in [5.41, 5.74) is -0.205. The van der Waals surface area contributed by atoms with Crippen LogP contribution in [0.1, 0.15) is 55.9 Å². The molecular weight excluding hydrogens is 540 g/mol. The highest BCUT2D eigenvalue weighted by atomic mass is 79.9. The number of phenolic OH excluding ortho intramolecular Hbond substituents is 1. The van der Waals surface area contributed by atoms with E-state index in [4.69, 9.17) is 4.74 Å². The first-order valence-electron chi connectivity index (χ1n) is 12.7. The number of benzene rings is 1. The van der Waals surface area contributed by atoms with Gasteiger partial charge in [0.15, 0.2) is 0 Å². The third-order valence-electron chi connectivity index (χ3n) is 7.98. The number of hydrogen-bond donors (Lipinski definition) is 2. The predicted octanol–water partition coefficient (Wildman–Crippen LogP) is 5.25. The Bertz CT molecular complexity index is 1160. The van der Waals surface area contributed by atoms with Crippen molar-refractivity contribution in [2.45, 2.75) is 62.5 Å². The molecule has 2 N–H and O–H groups in total. The van der Waals surface area contributed by atoms with Crippen LogP contribution in [-0.2, 0) is 19.7 Å². The normalized spacial score (nSPS) is 28.6. The monoisotopic (exact) mass is 572 g/mol. The van der Waals surface area contributed by atoms with E-state index in [2.05, 4.69) is 26.1 Å². The Kier molecular flexibility index (Phi) is 7.30. The van der Waals surface area contributed by atoms with E-state index in [1.165, 1.54) is 19.8 Å². The minimum atomic E-state index is -0.694. The summed E-state index contributed by atoms with van der Waals surface area (Å²) in [7, 11) is 0. The van der Waals surface area contributed by atoms with Gasteiger partial charge < -0.3 is 15.2 Å². The fourth-order valence-corrected chi connectivity index (χ4v) is 7.59. The molecule has 0 spiro atoms. The Morgan fingerprint density at radius 1 is 1.28 bits per heavy atom. The van der Waals surface area contributed by atoms with Crippen molar-refractivity contribution in [1.29, 1.82) is 0 Å². The minimum absolute atomic E-state index is 0.0572. The number of thiophene rings is 1. The number of carbonyl (C=O) groups is 2. The quantitative estimate of drug-likeness (QED) is 0.350. The number of hydrogen-bond acceptors (Lipinski definition) is 6. The number of esters is 1. The summed E-state index contributed by atoms with van der Waals surface area (Å²) in [6, 6.07) is 9.30. The fourth-order valence-electron chi connectivity index (χ4n) is 6.26. The summed E-state index contributed by atoms with van der Waals surface area (Å²) >= 11 is 5.02. The molecule has 36 heavy (non-hydrogen) atoms. The van der Waals surface area contributed by atoms with E-state index >= 15 is 0 Å². The third-order valence-corrected chi connectivity index (χ3v) is 9.64. The first-order valence-corrected chi connectivity index (χ1v) is 14.4. The van der Waals surface area contributed by atoms with Crippen LogP contribution in [-0.4, -0.2) is 53.2 Å². The van der Waals surface area contributed by atoms with E-state index in [0.29, 0.717) is 19.4 Å². The number of aromatic hydroxyl groups is 1. The van der Waals surface area contributed by atoms with E-state index in [9.17, 15) is 14.7 Å². The number of fused-ring (bicyclic) bond motifs is 1. The zero-order chi connectivity index (χ0) is 25.3. The average Bonchev–Trinajstić information content (AvgIpc) is 3.55. The molecule has 6 nitrogen and oxygen atoms in total. The maximum atomic E-state index is 12.8. The standard InChI is InChI=1S/C28H33BrN2O4S/c1-19(32)35-28-10-9-23(30-26(34)8-7-25-14-22(29)17-36-25)15-27(28,21-3-2-4-24(33)13-21)11-12-31(18-28)16-20-5-6-20/h2-4,7-8,13-14,17,20,23,33H,5-6,9-12,15-16,18H2,1H3,(H,30,34)/b8-7+/t23-,27+,28+/m1/s1. The van der Waals surface area contributed by atoms with Gasteiger partial charge in [-0.3, -0.25) is 14.5 Å². The molecule has 3 atom stereocenters. The van der Waals surface area contributed by atoms with Gasteiger partial charge in [-0.05, 0) is 96.8 Å². The lowest BCUT2D eigenvalue weighted by molar-refractivity contribution is -0.187. The predicted molar refractivity (Wildman–Crippen MR) is 145 cm³/mol. The van der Waals surface area contributed by atoms with Crippen molar-refractivity contribution in [1.82, 2.24) is 10.2 Å². The number of piperidine rings is 1. The molecule has 1 amide bonds. The summed E-state index contributed by atoms with van der Waals surface area (Å²) in [5, 5.41) is 15.6. The highest BCUT2D eigenvalue weighted by Gasteiger charge is 2.61. The number of ether oxygens (including phenoxy) is 1. The first-order chi connectivity index (χ1) is 17.3. The van der Waals surface area contributed by atoms with Gasteiger partial charge in [0.25, 0.3) is 0 Å². The lowest BCUT2D eigenvalue weighted by atomic mass is 9.55. The second-order valence-corrected chi connectivity index (χ2v) is 12.5. The second kappa shape index (κ2) is 10.3. The topological polar surface area (TPSA) is 78.9 Å². The number of nitrogens with zero attached hydrogens (tertiary/aromatic N) is 1. The van der Waals surface area contributed by atoms with Gasteiger partial charge in [-0.25, -0.2) is 0 Å². The fraction of sp³-hybridized carbons (Fsp3) is 0.500. The van der Waals surface area contributed by atoms with Gasteiger partial charge in [0.05, 0.1) is 0 Å². The maximum Gasteiger partial charge on any atom is 0.303 e. The molecule has 2 saturated carbocycles. The Morgan fingerprint density at radius 3 is 2.81 bits per heavy atom. The van der Waals surface area contributed by atoms with Crippen LogP contribution < -0.4 is 5.32 Å². The average molecular weight is 574 g/mol. The Hall–Kier alpha value is -2.16. The number of rotatable bonds is 7. The van der Waals surface area contributed by atoms with Gasteiger partial charge in [-0.2, -0.15) is 0 Å². The molecule has 5 rings (SSSR count). The Labute approximate surface area is 224 Å². The van der Waals surface area contributed by atoms with Crippen molar-refractivity contribution in [2.75, 3.05) is 19.6 Å². The molecule has 1 aromatic heterocycles. The molecule has 2 aromatic rings. The first kappa shape index (κ1) is 25.5. The van der Waals surface area contributed by atoms with E-state index in [1.807, 2.05) is 35.7 Å². The van der Waals surface area contributed by atoms with Gasteiger partial charge in [0.1, 0.15) is 11.4 Å². The molecule has 0 radical (unpaired) electrons. The van der Waals surface area contributed by atoms with Crippen LogP contribution in [0.2, 0.25) is 0 Å². The van der Waals surface area contributed by atoms with Crippen molar-refractivity contribution in [2.24, 2.45) is 5.92 Å². The minimum Gasteiger partial charge on any atom is -0.508 e. The van der Waals surface area contributed by atoms with Crippen LogP contribution in [0, 0.1) is 5.92 Å². The number of phenols is 1. The van der Waals surface area contributed by atoms with Gasteiger partial charge >= 0.3 is 5.97 Å². The van der Waals surface area contributed by atoms with Crippen molar-refractivity contribution < 1.29 is 19.4 Å². The van der Waals surface area contributed by atoms with E-state index in [-0.39, 0.29) is 23.7 Å². The van der Waals surface area contributed by atoms with Crippen LogP contribution in [0.3, 0.4) is 0 Å². The van der Waals surface area contributed by atoms with Crippen LogP contribution in [0.5, 0.6) is 5.75 Å². The van der Waals surface area contributed by atoms with Gasteiger partial charge in [0, 0.05) is 52.3 Å². The van der Waals surface area contributed by atoms with E-state index < -0.39 is 11.0 Å². The molecular formula is C28H33BrN2O4S. The van der Waals surface area contributed by atoms with Crippen molar-refractivity contribution in [3.8, 4) is 5.75 Å². The molecule has 1 aliphatic heterocycles. The third kappa shape index (κ3) is 5.41. The van der Waals surface area contributed by atoms with Gasteiger partial charge in [0.2, 0.25) is 5.91 Å². The summed E-state index contributed by atoms with van der Waals surface area (Å²) in [6.07, 6.45) is 8.83.